The van der Waals surface area contributed by atoms with E-state index in [9.17, 15) is 4.39 Å². The van der Waals surface area contributed by atoms with Crippen molar-refractivity contribution >= 4 is 5.96 Å². The number of aliphatic imine (C=N–C) groups is 1. The van der Waals surface area contributed by atoms with E-state index in [1.54, 1.807) is 19.2 Å². The molecule has 0 atom stereocenters. The molecule has 1 aliphatic rings. The van der Waals surface area contributed by atoms with Gasteiger partial charge in [0.1, 0.15) is 5.82 Å². The van der Waals surface area contributed by atoms with Crippen molar-refractivity contribution < 1.29 is 4.39 Å². The molecule has 6 heteroatoms. The van der Waals surface area contributed by atoms with Crippen molar-refractivity contribution in [3.8, 4) is 0 Å². The van der Waals surface area contributed by atoms with Crippen LogP contribution in [0.5, 0.6) is 0 Å². The van der Waals surface area contributed by atoms with Crippen LogP contribution in [0.4, 0.5) is 4.39 Å². The predicted molar refractivity (Wildman–Crippen MR) is 102 cm³/mol. The molecule has 1 aromatic carbocycles. The second-order valence-corrected chi connectivity index (χ2v) is 6.47. The Morgan fingerprint density at radius 2 is 1.88 bits per heavy atom. The van der Waals surface area contributed by atoms with Crippen LogP contribution in [0, 0.1) is 5.82 Å². The van der Waals surface area contributed by atoms with Crippen LogP contribution in [0.3, 0.4) is 0 Å². The lowest BCUT2D eigenvalue weighted by Crippen LogP contribution is -2.46. The minimum Gasteiger partial charge on any atom is -0.356 e. The fraction of sp³-hybridized carbons (Fsp3) is 0.632. The molecule has 1 saturated heterocycles. The molecule has 1 aromatic rings. The van der Waals surface area contributed by atoms with E-state index in [0.717, 1.165) is 24.5 Å². The third-order valence-corrected chi connectivity index (χ3v) is 4.68. The lowest BCUT2D eigenvalue weighted by molar-refractivity contribution is 0.136. The Balaban J connectivity index is 1.55. The number of likely N-dealkylation sites (N-methyl/N-ethyl adjacent to an activating group) is 1. The summed E-state index contributed by atoms with van der Waals surface area (Å²) in [5.41, 5.74) is 0.911. The van der Waals surface area contributed by atoms with Crippen molar-refractivity contribution in [3.05, 3.63) is 35.6 Å². The number of rotatable bonds is 8. The van der Waals surface area contributed by atoms with Gasteiger partial charge < -0.3 is 20.4 Å². The summed E-state index contributed by atoms with van der Waals surface area (Å²) in [4.78, 5) is 9.28. The number of guanidine groups is 1. The maximum absolute atomic E-state index is 13.2. The molecule has 1 heterocycles. The number of hydrogen-bond acceptors (Lipinski definition) is 3. The van der Waals surface area contributed by atoms with Crippen LogP contribution in [0.25, 0.3) is 0 Å². The van der Waals surface area contributed by atoms with Gasteiger partial charge in [-0.2, -0.15) is 0 Å². The highest BCUT2D eigenvalue weighted by molar-refractivity contribution is 5.79. The van der Waals surface area contributed by atoms with Crippen LogP contribution >= 0.6 is 0 Å². The lowest BCUT2D eigenvalue weighted by atomic mass is 10.2. The molecule has 0 spiro atoms. The molecule has 5 nitrogen and oxygen atoms in total. The largest absolute Gasteiger partial charge is 0.356 e. The van der Waals surface area contributed by atoms with Gasteiger partial charge in [0.05, 0.1) is 0 Å². The van der Waals surface area contributed by atoms with Crippen molar-refractivity contribution in [1.82, 2.24) is 20.4 Å². The van der Waals surface area contributed by atoms with E-state index in [2.05, 4.69) is 32.3 Å². The number of hydrogen-bond donors (Lipinski definition) is 2. The van der Waals surface area contributed by atoms with Crippen molar-refractivity contribution in [2.45, 2.75) is 26.3 Å². The molecule has 0 radical (unpaired) electrons. The number of unbranched alkanes of at least 4 members (excludes halogenated alkanes) is 1. The maximum atomic E-state index is 13.2. The molecule has 0 unspecified atom stereocenters. The smallest absolute Gasteiger partial charge is 0.191 e. The molecule has 0 saturated carbocycles. The van der Waals surface area contributed by atoms with Gasteiger partial charge in [-0.3, -0.25) is 4.99 Å². The summed E-state index contributed by atoms with van der Waals surface area (Å²) >= 11 is 0. The molecule has 0 bridgehead atoms. The molecule has 1 aliphatic heterocycles. The highest BCUT2D eigenvalue weighted by Gasteiger charge is 2.14. The Labute approximate surface area is 151 Å². The normalized spacial score (nSPS) is 16.8. The number of nitrogens with one attached hydrogen (secondary N) is 2. The Hall–Kier alpha value is -1.66. The number of benzene rings is 1. The minimum atomic E-state index is -0.206. The fourth-order valence-electron chi connectivity index (χ4n) is 3.05. The molecule has 140 valence electrons. The summed E-state index contributed by atoms with van der Waals surface area (Å²) in [6.07, 6.45) is 2.31. The monoisotopic (exact) mass is 349 g/mol. The van der Waals surface area contributed by atoms with E-state index >= 15 is 0 Å². The van der Waals surface area contributed by atoms with Crippen molar-refractivity contribution in [2.75, 3.05) is 52.9 Å². The summed E-state index contributed by atoms with van der Waals surface area (Å²) in [7, 11) is 1.76. The van der Waals surface area contributed by atoms with Gasteiger partial charge in [-0.25, -0.2) is 4.39 Å². The van der Waals surface area contributed by atoms with Gasteiger partial charge in [-0.15, -0.1) is 0 Å². The number of nitrogens with zero attached hydrogens (tertiary/aromatic N) is 3. The van der Waals surface area contributed by atoms with E-state index in [1.165, 1.54) is 51.8 Å². The number of halogens is 1. The Morgan fingerprint density at radius 3 is 2.56 bits per heavy atom. The highest BCUT2D eigenvalue weighted by Crippen LogP contribution is 2.04. The Kier molecular flexibility index (Phi) is 8.69. The van der Waals surface area contributed by atoms with Crippen molar-refractivity contribution in [1.29, 1.82) is 0 Å². The van der Waals surface area contributed by atoms with Gasteiger partial charge in [-0.05, 0) is 43.6 Å². The van der Waals surface area contributed by atoms with E-state index in [1.807, 2.05) is 6.07 Å². The van der Waals surface area contributed by atoms with Gasteiger partial charge in [-0.1, -0.05) is 19.1 Å². The zero-order valence-electron chi connectivity index (χ0n) is 15.6. The maximum Gasteiger partial charge on any atom is 0.191 e. The van der Waals surface area contributed by atoms with Crippen LogP contribution in [-0.4, -0.2) is 68.6 Å². The minimum absolute atomic E-state index is 0.206. The van der Waals surface area contributed by atoms with Crippen molar-refractivity contribution in [3.63, 3.8) is 0 Å². The summed E-state index contributed by atoms with van der Waals surface area (Å²) < 4.78 is 13.2. The highest BCUT2D eigenvalue weighted by atomic mass is 19.1. The molecule has 1 fully saturated rings. The molecular weight excluding hydrogens is 317 g/mol. The van der Waals surface area contributed by atoms with E-state index in [-0.39, 0.29) is 5.82 Å². The molecular formula is C19H32FN5. The van der Waals surface area contributed by atoms with E-state index in [4.69, 9.17) is 0 Å². The van der Waals surface area contributed by atoms with Crippen LogP contribution < -0.4 is 10.6 Å². The lowest BCUT2D eigenvalue weighted by Gasteiger charge is -2.34. The first-order chi connectivity index (χ1) is 12.2. The molecule has 0 aromatic heterocycles. The van der Waals surface area contributed by atoms with Crippen LogP contribution in [0.1, 0.15) is 25.3 Å². The molecule has 2 N–H and O–H groups in total. The van der Waals surface area contributed by atoms with Crippen LogP contribution in [0.2, 0.25) is 0 Å². The second kappa shape index (κ2) is 11.1. The fourth-order valence-corrected chi connectivity index (χ4v) is 3.05. The zero-order valence-corrected chi connectivity index (χ0v) is 15.6. The predicted octanol–water partition coefficient (Wildman–Crippen LogP) is 1.91. The first-order valence-corrected chi connectivity index (χ1v) is 9.35. The van der Waals surface area contributed by atoms with Crippen molar-refractivity contribution in [2.24, 2.45) is 4.99 Å². The SMILES string of the molecule is CCN1CCN(CCCCNC(=NC)NCc2cccc(F)c2)CC1. The molecule has 2 rings (SSSR count). The standard InChI is InChI=1S/C19H32FN5/c1-3-24-11-13-25(14-12-24)10-5-4-9-22-19(21-2)23-16-17-7-6-8-18(20)15-17/h6-8,15H,3-5,9-14,16H2,1-2H3,(H2,21,22,23). The van der Waals surface area contributed by atoms with Gasteiger partial charge in [0.2, 0.25) is 0 Å². The third-order valence-electron chi connectivity index (χ3n) is 4.68. The average molecular weight is 349 g/mol. The Morgan fingerprint density at radius 1 is 1.12 bits per heavy atom. The third kappa shape index (κ3) is 7.40. The van der Waals surface area contributed by atoms with Gasteiger partial charge in [0.15, 0.2) is 5.96 Å². The van der Waals surface area contributed by atoms with Gasteiger partial charge in [0.25, 0.3) is 0 Å². The van der Waals surface area contributed by atoms with Gasteiger partial charge in [0, 0.05) is 46.3 Å². The number of piperazine rings is 1. The first kappa shape index (κ1) is 19.7. The van der Waals surface area contributed by atoms with Crippen LogP contribution in [-0.2, 0) is 6.54 Å². The summed E-state index contributed by atoms with van der Waals surface area (Å²) in [6, 6.07) is 6.63. The van der Waals surface area contributed by atoms with Crippen LogP contribution in [0.15, 0.2) is 29.3 Å². The second-order valence-electron chi connectivity index (χ2n) is 6.47. The molecule has 25 heavy (non-hydrogen) atoms. The average Bonchev–Trinajstić information content (AvgIpc) is 2.64. The summed E-state index contributed by atoms with van der Waals surface area (Å²) in [5, 5.41) is 6.55. The summed E-state index contributed by atoms with van der Waals surface area (Å²) in [5.74, 6) is 0.558. The first-order valence-electron chi connectivity index (χ1n) is 9.35. The summed E-state index contributed by atoms with van der Waals surface area (Å²) in [6.45, 7) is 10.8. The van der Waals surface area contributed by atoms with E-state index < -0.39 is 0 Å². The van der Waals surface area contributed by atoms with Gasteiger partial charge >= 0.3 is 0 Å². The molecule has 0 amide bonds. The molecule has 0 aliphatic carbocycles. The van der Waals surface area contributed by atoms with E-state index in [0.29, 0.717) is 6.54 Å². The topological polar surface area (TPSA) is 42.9 Å². The Bertz CT molecular complexity index is 526. The zero-order chi connectivity index (χ0) is 17.9. The quantitative estimate of drug-likeness (QED) is 0.427.